The first-order valence-electron chi connectivity index (χ1n) is 7.17. The molecule has 25 heavy (non-hydrogen) atoms. The number of thioether (sulfide) groups is 1. The second-order valence-corrected chi connectivity index (χ2v) is 5.98. The van der Waals surface area contributed by atoms with Crippen molar-refractivity contribution in [2.24, 2.45) is 0 Å². The molecule has 2 rings (SSSR count). The minimum absolute atomic E-state index is 0.148. The van der Waals surface area contributed by atoms with Gasteiger partial charge in [0.1, 0.15) is 5.82 Å². The Bertz CT molecular complexity index is 738. The van der Waals surface area contributed by atoms with Crippen LogP contribution in [-0.2, 0) is 20.7 Å². The van der Waals surface area contributed by atoms with Crippen molar-refractivity contribution in [3.63, 3.8) is 0 Å². The molecule has 1 amide bonds. The fraction of sp³-hybridized carbons (Fsp3) is 0.176. The van der Waals surface area contributed by atoms with E-state index in [1.807, 2.05) is 0 Å². The molecular formula is C17H14F3NO3S. The Morgan fingerprint density at radius 2 is 1.84 bits per heavy atom. The normalized spacial score (nSPS) is 10.6. The summed E-state index contributed by atoms with van der Waals surface area (Å²) in [4.78, 5) is 23.7. The van der Waals surface area contributed by atoms with E-state index in [1.165, 1.54) is 42.5 Å². The number of carbonyl (C=O) groups is 2. The molecule has 0 saturated heterocycles. The molecule has 4 nitrogen and oxygen atoms in total. The highest BCUT2D eigenvalue weighted by Crippen LogP contribution is 2.26. The molecule has 0 aliphatic rings. The van der Waals surface area contributed by atoms with Crippen LogP contribution in [0.25, 0.3) is 0 Å². The number of carbonyl (C=O) groups excluding carboxylic acids is 2. The summed E-state index contributed by atoms with van der Waals surface area (Å²) in [6.07, 6.45) is -0.148. The van der Waals surface area contributed by atoms with Gasteiger partial charge in [-0.1, -0.05) is 23.9 Å². The zero-order valence-corrected chi connectivity index (χ0v) is 13.7. The monoisotopic (exact) mass is 369 g/mol. The van der Waals surface area contributed by atoms with Crippen LogP contribution in [0.5, 0.6) is 0 Å². The quantitative estimate of drug-likeness (QED) is 0.595. The first kappa shape index (κ1) is 18.9. The number of hydrogen-bond donors (Lipinski definition) is 1. The van der Waals surface area contributed by atoms with Gasteiger partial charge in [0.15, 0.2) is 6.61 Å². The number of alkyl halides is 2. The van der Waals surface area contributed by atoms with Gasteiger partial charge in [0.05, 0.1) is 6.42 Å². The second kappa shape index (κ2) is 9.12. The van der Waals surface area contributed by atoms with E-state index < -0.39 is 30.1 Å². The van der Waals surface area contributed by atoms with Crippen LogP contribution in [0, 0.1) is 5.82 Å². The Hall–Kier alpha value is -2.48. The number of esters is 1. The molecule has 0 aromatic heterocycles. The van der Waals surface area contributed by atoms with Gasteiger partial charge in [-0.05, 0) is 42.0 Å². The number of anilines is 1. The van der Waals surface area contributed by atoms with E-state index in [4.69, 9.17) is 4.74 Å². The topological polar surface area (TPSA) is 55.4 Å². The minimum atomic E-state index is -2.52. The van der Waals surface area contributed by atoms with Gasteiger partial charge in [-0.2, -0.15) is 8.78 Å². The van der Waals surface area contributed by atoms with E-state index >= 15 is 0 Å². The van der Waals surface area contributed by atoms with Crippen LogP contribution in [0.4, 0.5) is 18.9 Å². The first-order valence-corrected chi connectivity index (χ1v) is 8.05. The maximum atomic E-state index is 13.0. The molecule has 1 N–H and O–H groups in total. The summed E-state index contributed by atoms with van der Waals surface area (Å²) in [6, 6.07) is 11.3. The van der Waals surface area contributed by atoms with Crippen molar-refractivity contribution >= 4 is 29.3 Å². The summed E-state index contributed by atoms with van der Waals surface area (Å²) in [5.41, 5.74) is 0.835. The van der Waals surface area contributed by atoms with E-state index in [1.54, 1.807) is 6.07 Å². The molecule has 0 unspecified atom stereocenters. The molecule has 0 bridgehead atoms. The maximum Gasteiger partial charge on any atom is 0.310 e. The van der Waals surface area contributed by atoms with Gasteiger partial charge in [0.2, 0.25) is 0 Å². The molecule has 2 aromatic rings. The average Bonchev–Trinajstić information content (AvgIpc) is 2.54. The number of benzene rings is 2. The van der Waals surface area contributed by atoms with Crippen molar-refractivity contribution in [2.45, 2.75) is 17.1 Å². The van der Waals surface area contributed by atoms with Crippen molar-refractivity contribution in [2.75, 3.05) is 11.9 Å². The van der Waals surface area contributed by atoms with E-state index in [-0.39, 0.29) is 6.42 Å². The van der Waals surface area contributed by atoms with E-state index in [2.05, 4.69) is 5.32 Å². The SMILES string of the molecule is O=C(COC(=O)Cc1cccc(F)c1)Nc1ccc(SC(F)F)cc1. The van der Waals surface area contributed by atoms with E-state index in [0.717, 1.165) is 0 Å². The molecule has 0 fully saturated rings. The summed E-state index contributed by atoms with van der Waals surface area (Å²) in [5.74, 6) is -4.21. The summed E-state index contributed by atoms with van der Waals surface area (Å²) >= 11 is 0.400. The molecule has 0 heterocycles. The van der Waals surface area contributed by atoms with Crippen LogP contribution in [-0.4, -0.2) is 24.2 Å². The van der Waals surface area contributed by atoms with Crippen LogP contribution >= 0.6 is 11.8 Å². The Balaban J connectivity index is 1.77. The van der Waals surface area contributed by atoms with Crippen LogP contribution < -0.4 is 5.32 Å². The number of amides is 1. The van der Waals surface area contributed by atoms with Gasteiger partial charge < -0.3 is 10.1 Å². The van der Waals surface area contributed by atoms with E-state index in [0.29, 0.717) is 27.9 Å². The van der Waals surface area contributed by atoms with Crippen LogP contribution in [0.3, 0.4) is 0 Å². The van der Waals surface area contributed by atoms with Gasteiger partial charge in [-0.25, -0.2) is 4.39 Å². The van der Waals surface area contributed by atoms with Crippen molar-refractivity contribution in [3.8, 4) is 0 Å². The first-order chi connectivity index (χ1) is 11.9. The molecule has 0 aliphatic carbocycles. The second-order valence-electron chi connectivity index (χ2n) is 4.92. The molecule has 2 aromatic carbocycles. The Morgan fingerprint density at radius 3 is 2.48 bits per heavy atom. The van der Waals surface area contributed by atoms with Gasteiger partial charge in [-0.15, -0.1) is 0 Å². The highest BCUT2D eigenvalue weighted by atomic mass is 32.2. The molecule has 0 aliphatic heterocycles. The van der Waals surface area contributed by atoms with Gasteiger partial charge in [0.25, 0.3) is 11.7 Å². The zero-order chi connectivity index (χ0) is 18.2. The fourth-order valence-electron chi connectivity index (χ4n) is 1.93. The Morgan fingerprint density at radius 1 is 1.12 bits per heavy atom. The molecule has 0 saturated carbocycles. The molecule has 0 radical (unpaired) electrons. The minimum Gasteiger partial charge on any atom is -0.455 e. The summed E-state index contributed by atoms with van der Waals surface area (Å²) in [7, 11) is 0. The smallest absolute Gasteiger partial charge is 0.310 e. The third-order valence-electron chi connectivity index (χ3n) is 2.96. The van der Waals surface area contributed by atoms with E-state index in [9.17, 15) is 22.8 Å². The lowest BCUT2D eigenvalue weighted by molar-refractivity contribution is -0.146. The lowest BCUT2D eigenvalue weighted by Gasteiger charge is -2.07. The van der Waals surface area contributed by atoms with Gasteiger partial charge in [-0.3, -0.25) is 9.59 Å². The van der Waals surface area contributed by atoms with Crippen molar-refractivity contribution < 1.29 is 27.5 Å². The van der Waals surface area contributed by atoms with Crippen LogP contribution in [0.2, 0.25) is 0 Å². The lowest BCUT2D eigenvalue weighted by atomic mass is 10.1. The zero-order valence-electron chi connectivity index (χ0n) is 12.9. The number of ether oxygens (including phenoxy) is 1. The summed E-state index contributed by atoms with van der Waals surface area (Å²) < 4.78 is 42.3. The summed E-state index contributed by atoms with van der Waals surface area (Å²) in [6.45, 7) is -0.498. The number of hydrogen-bond acceptors (Lipinski definition) is 4. The maximum absolute atomic E-state index is 13.0. The van der Waals surface area contributed by atoms with Gasteiger partial charge >= 0.3 is 5.97 Å². The van der Waals surface area contributed by atoms with Crippen LogP contribution in [0.1, 0.15) is 5.56 Å². The Kier molecular flexibility index (Phi) is 6.88. The summed E-state index contributed by atoms with van der Waals surface area (Å²) in [5, 5.41) is 2.48. The predicted molar refractivity (Wildman–Crippen MR) is 88.0 cm³/mol. The average molecular weight is 369 g/mol. The van der Waals surface area contributed by atoms with Crippen molar-refractivity contribution in [1.82, 2.24) is 0 Å². The van der Waals surface area contributed by atoms with Crippen molar-refractivity contribution in [3.05, 3.63) is 59.9 Å². The number of halogens is 3. The molecular weight excluding hydrogens is 355 g/mol. The van der Waals surface area contributed by atoms with Crippen molar-refractivity contribution in [1.29, 1.82) is 0 Å². The molecule has 132 valence electrons. The molecule has 8 heteroatoms. The largest absolute Gasteiger partial charge is 0.455 e. The third-order valence-corrected chi connectivity index (χ3v) is 3.69. The highest BCUT2D eigenvalue weighted by molar-refractivity contribution is 7.99. The predicted octanol–water partition coefficient (Wildman–Crippen LogP) is 3.86. The lowest BCUT2D eigenvalue weighted by Crippen LogP contribution is -2.21. The number of rotatable bonds is 7. The van der Waals surface area contributed by atoms with Crippen LogP contribution in [0.15, 0.2) is 53.4 Å². The number of nitrogens with one attached hydrogen (secondary N) is 1. The molecule has 0 atom stereocenters. The highest BCUT2D eigenvalue weighted by Gasteiger charge is 2.10. The standard InChI is InChI=1S/C17H14F3NO3S/c18-12-3-1-2-11(8-12)9-16(23)24-10-15(22)21-13-4-6-14(7-5-13)25-17(19)20/h1-8,17H,9-10H2,(H,21,22). The fourth-order valence-corrected chi connectivity index (χ4v) is 2.43. The van der Waals surface area contributed by atoms with Gasteiger partial charge in [0, 0.05) is 10.6 Å². The Labute approximate surface area is 146 Å². The third kappa shape index (κ3) is 6.88. The molecule has 0 spiro atoms.